The first-order chi connectivity index (χ1) is 4.33. The lowest BCUT2D eigenvalue weighted by Gasteiger charge is -2.15. The van der Waals surface area contributed by atoms with E-state index in [1.165, 1.54) is 0 Å². The molecule has 1 saturated heterocycles. The molecule has 0 spiro atoms. The smallest absolute Gasteiger partial charge is 0.138 e. The molecule has 1 fully saturated rings. The Labute approximate surface area is 58.6 Å². The second kappa shape index (κ2) is 2.71. The normalized spacial score (nSPS) is 34.8. The van der Waals surface area contributed by atoms with Gasteiger partial charge in [-0.3, -0.25) is 0 Å². The lowest BCUT2D eigenvalue weighted by atomic mass is 10.1. The Balaban J connectivity index is 2.55. The maximum atomic E-state index is 10.4. The van der Waals surface area contributed by atoms with Gasteiger partial charge in [-0.25, -0.2) is 0 Å². The van der Waals surface area contributed by atoms with Crippen LogP contribution in [0.3, 0.4) is 0 Å². The zero-order valence-electron chi connectivity index (χ0n) is 5.17. The van der Waals surface area contributed by atoms with Crippen LogP contribution in [-0.2, 0) is 4.79 Å². The second-order valence-electron chi connectivity index (χ2n) is 2.29. The maximum Gasteiger partial charge on any atom is 0.138 e. The van der Waals surface area contributed by atoms with Crippen molar-refractivity contribution in [3.63, 3.8) is 0 Å². The highest BCUT2D eigenvalue weighted by atomic mass is 32.2. The zero-order valence-corrected chi connectivity index (χ0v) is 5.99. The van der Waals surface area contributed by atoms with Gasteiger partial charge in [0, 0.05) is 0 Å². The molecule has 9 heavy (non-hydrogen) atoms. The van der Waals surface area contributed by atoms with E-state index in [9.17, 15) is 4.79 Å². The highest BCUT2D eigenvalue weighted by Crippen LogP contribution is 2.35. The average Bonchev–Trinajstić information content (AvgIpc) is 2.36. The Kier molecular flexibility index (Phi) is 2.13. The number of carbonyl (C=O) groups excluding carboxylic acids is 1. The standard InChI is InChI=1S/C6H10O2S/c7-4-6(5-8)2-1-3-9-6/h4,8H,1-3,5H2. The van der Waals surface area contributed by atoms with Crippen molar-refractivity contribution in [1.29, 1.82) is 0 Å². The highest BCUT2D eigenvalue weighted by Gasteiger charge is 2.33. The fourth-order valence-electron chi connectivity index (χ4n) is 0.974. The number of hydrogen-bond donors (Lipinski definition) is 1. The molecule has 1 heterocycles. The van der Waals surface area contributed by atoms with Gasteiger partial charge in [-0.1, -0.05) is 0 Å². The number of hydrogen-bond acceptors (Lipinski definition) is 3. The van der Waals surface area contributed by atoms with Gasteiger partial charge in [-0.2, -0.15) is 0 Å². The monoisotopic (exact) mass is 146 g/mol. The summed E-state index contributed by atoms with van der Waals surface area (Å²) in [5.41, 5.74) is 0. The summed E-state index contributed by atoms with van der Waals surface area (Å²) in [5, 5.41) is 8.76. The molecule has 2 nitrogen and oxygen atoms in total. The van der Waals surface area contributed by atoms with Crippen molar-refractivity contribution >= 4 is 18.0 Å². The molecule has 0 aliphatic carbocycles. The summed E-state index contributed by atoms with van der Waals surface area (Å²) >= 11 is 1.57. The van der Waals surface area contributed by atoms with E-state index < -0.39 is 4.75 Å². The maximum absolute atomic E-state index is 10.4. The number of rotatable bonds is 2. The molecule has 1 unspecified atom stereocenters. The Bertz CT molecular complexity index is 108. The number of aliphatic hydroxyl groups excluding tert-OH is 1. The summed E-state index contributed by atoms with van der Waals surface area (Å²) < 4.78 is -0.431. The quantitative estimate of drug-likeness (QED) is 0.574. The molecule has 0 saturated carbocycles. The van der Waals surface area contributed by atoms with Crippen LogP contribution in [0.2, 0.25) is 0 Å². The van der Waals surface area contributed by atoms with Gasteiger partial charge in [-0.15, -0.1) is 11.8 Å². The highest BCUT2D eigenvalue weighted by molar-refractivity contribution is 8.01. The topological polar surface area (TPSA) is 37.3 Å². The molecule has 52 valence electrons. The van der Waals surface area contributed by atoms with Gasteiger partial charge in [0.15, 0.2) is 0 Å². The van der Waals surface area contributed by atoms with E-state index in [-0.39, 0.29) is 6.61 Å². The van der Waals surface area contributed by atoms with Gasteiger partial charge in [0.2, 0.25) is 0 Å². The van der Waals surface area contributed by atoms with Crippen molar-refractivity contribution in [2.24, 2.45) is 0 Å². The number of aldehydes is 1. The van der Waals surface area contributed by atoms with Crippen LogP contribution < -0.4 is 0 Å². The SMILES string of the molecule is O=CC1(CO)CCCS1. The van der Waals surface area contributed by atoms with Crippen molar-refractivity contribution in [1.82, 2.24) is 0 Å². The van der Waals surface area contributed by atoms with Crippen LogP contribution in [0.1, 0.15) is 12.8 Å². The van der Waals surface area contributed by atoms with Gasteiger partial charge in [0.1, 0.15) is 6.29 Å². The van der Waals surface area contributed by atoms with Crippen LogP contribution in [0, 0.1) is 0 Å². The van der Waals surface area contributed by atoms with Crippen LogP contribution in [0.15, 0.2) is 0 Å². The molecule has 0 bridgehead atoms. The van der Waals surface area contributed by atoms with E-state index in [0.717, 1.165) is 24.9 Å². The van der Waals surface area contributed by atoms with Gasteiger partial charge in [0.05, 0.1) is 11.4 Å². The van der Waals surface area contributed by atoms with Crippen LogP contribution in [0.5, 0.6) is 0 Å². The summed E-state index contributed by atoms with van der Waals surface area (Å²) in [6, 6.07) is 0. The first-order valence-electron chi connectivity index (χ1n) is 3.04. The first-order valence-corrected chi connectivity index (χ1v) is 4.03. The number of thioether (sulfide) groups is 1. The minimum Gasteiger partial charge on any atom is -0.394 e. The molecular weight excluding hydrogens is 136 g/mol. The molecule has 1 rings (SSSR count). The predicted octanol–water partition coefficient (Wildman–Crippen LogP) is 0.443. The summed E-state index contributed by atoms with van der Waals surface area (Å²) in [6.45, 7) is 0.00116. The Hall–Kier alpha value is -0.0200. The van der Waals surface area contributed by atoms with Crippen molar-refractivity contribution < 1.29 is 9.90 Å². The largest absolute Gasteiger partial charge is 0.394 e. The van der Waals surface area contributed by atoms with Crippen molar-refractivity contribution in [2.75, 3.05) is 12.4 Å². The van der Waals surface area contributed by atoms with Gasteiger partial charge < -0.3 is 9.90 Å². The molecule has 0 amide bonds. The molecule has 1 N–H and O–H groups in total. The van der Waals surface area contributed by atoms with Crippen LogP contribution in [0.4, 0.5) is 0 Å². The molecule has 0 aromatic carbocycles. The molecule has 0 aromatic rings. The lowest BCUT2D eigenvalue weighted by molar-refractivity contribution is -0.110. The minimum absolute atomic E-state index is 0.00116. The Morgan fingerprint density at radius 2 is 2.56 bits per heavy atom. The molecule has 1 aliphatic heterocycles. The average molecular weight is 146 g/mol. The summed E-state index contributed by atoms with van der Waals surface area (Å²) in [4.78, 5) is 10.4. The first kappa shape index (κ1) is 7.09. The lowest BCUT2D eigenvalue weighted by Crippen LogP contribution is -2.27. The fourth-order valence-corrected chi connectivity index (χ4v) is 2.12. The molecule has 0 aromatic heterocycles. The van der Waals surface area contributed by atoms with Crippen LogP contribution >= 0.6 is 11.8 Å². The van der Waals surface area contributed by atoms with Gasteiger partial charge in [-0.05, 0) is 18.6 Å². The number of aliphatic hydroxyl groups is 1. The van der Waals surface area contributed by atoms with Gasteiger partial charge >= 0.3 is 0 Å². The third kappa shape index (κ3) is 1.27. The van der Waals surface area contributed by atoms with E-state index in [2.05, 4.69) is 0 Å². The number of carbonyl (C=O) groups is 1. The zero-order chi connectivity index (χ0) is 6.74. The van der Waals surface area contributed by atoms with E-state index in [1.807, 2.05) is 0 Å². The third-order valence-corrected chi connectivity index (χ3v) is 3.11. The van der Waals surface area contributed by atoms with E-state index >= 15 is 0 Å². The fraction of sp³-hybridized carbons (Fsp3) is 0.833. The van der Waals surface area contributed by atoms with Crippen molar-refractivity contribution in [3.05, 3.63) is 0 Å². The van der Waals surface area contributed by atoms with Gasteiger partial charge in [0.25, 0.3) is 0 Å². The van der Waals surface area contributed by atoms with E-state index in [1.54, 1.807) is 11.8 Å². The van der Waals surface area contributed by atoms with Crippen molar-refractivity contribution in [2.45, 2.75) is 17.6 Å². The summed E-state index contributed by atoms with van der Waals surface area (Å²) in [5.74, 6) is 1.01. The molecule has 1 atom stereocenters. The second-order valence-corrected chi connectivity index (χ2v) is 3.80. The Morgan fingerprint density at radius 1 is 1.78 bits per heavy atom. The molecule has 1 aliphatic rings. The third-order valence-electron chi connectivity index (χ3n) is 1.62. The Morgan fingerprint density at radius 3 is 2.78 bits per heavy atom. The predicted molar refractivity (Wildman–Crippen MR) is 37.6 cm³/mol. The molecular formula is C6H10O2S. The van der Waals surface area contributed by atoms with Crippen LogP contribution in [-0.4, -0.2) is 28.5 Å². The van der Waals surface area contributed by atoms with E-state index in [0.29, 0.717) is 0 Å². The summed E-state index contributed by atoms with van der Waals surface area (Å²) in [6.07, 6.45) is 2.78. The van der Waals surface area contributed by atoms with Crippen LogP contribution in [0.25, 0.3) is 0 Å². The van der Waals surface area contributed by atoms with E-state index in [4.69, 9.17) is 5.11 Å². The molecule has 3 heteroatoms. The van der Waals surface area contributed by atoms with Crippen molar-refractivity contribution in [3.8, 4) is 0 Å². The summed E-state index contributed by atoms with van der Waals surface area (Å²) in [7, 11) is 0. The molecule has 0 radical (unpaired) electrons. The minimum atomic E-state index is -0.431.